The Morgan fingerprint density at radius 2 is 1.94 bits per heavy atom. The van der Waals surface area contributed by atoms with E-state index in [4.69, 9.17) is 4.74 Å². The third kappa shape index (κ3) is 5.11. The number of hydrogen-bond donors (Lipinski definition) is 2. The van der Waals surface area contributed by atoms with Crippen LogP contribution in [0.25, 0.3) is 0 Å². The molecule has 0 bridgehead atoms. The molecule has 0 amide bonds. The standard InChI is InChI=1S/C10H16N2O3S/c1-11-7-8-15-9-16(13,14)12-10-5-3-2-4-6-10/h2-6,11-12H,7-9H2,1H3. The Morgan fingerprint density at radius 1 is 1.25 bits per heavy atom. The van der Waals surface area contributed by atoms with E-state index in [1.165, 1.54) is 0 Å². The average molecular weight is 244 g/mol. The number of ether oxygens (including phenoxy) is 1. The summed E-state index contributed by atoms with van der Waals surface area (Å²) in [6.45, 7) is 0.993. The van der Waals surface area contributed by atoms with Crippen LogP contribution in [0.1, 0.15) is 0 Å². The molecule has 0 atom stereocenters. The van der Waals surface area contributed by atoms with Crippen LogP contribution in [0.2, 0.25) is 0 Å². The highest BCUT2D eigenvalue weighted by molar-refractivity contribution is 7.92. The molecule has 0 aliphatic heterocycles. The van der Waals surface area contributed by atoms with E-state index in [9.17, 15) is 8.42 Å². The summed E-state index contributed by atoms with van der Waals surface area (Å²) in [7, 11) is -1.64. The zero-order valence-corrected chi connectivity index (χ0v) is 9.96. The summed E-state index contributed by atoms with van der Waals surface area (Å²) in [5.41, 5.74) is 0.541. The molecule has 16 heavy (non-hydrogen) atoms. The maximum absolute atomic E-state index is 11.5. The van der Waals surface area contributed by atoms with E-state index in [2.05, 4.69) is 10.0 Å². The SMILES string of the molecule is CNCCOCS(=O)(=O)Nc1ccccc1. The van der Waals surface area contributed by atoms with Crippen LogP contribution in [-0.2, 0) is 14.8 Å². The van der Waals surface area contributed by atoms with E-state index >= 15 is 0 Å². The summed E-state index contributed by atoms with van der Waals surface area (Å²) in [5.74, 6) is -0.330. The van der Waals surface area contributed by atoms with Gasteiger partial charge in [0.2, 0.25) is 0 Å². The smallest absolute Gasteiger partial charge is 0.257 e. The van der Waals surface area contributed by atoms with Crippen LogP contribution < -0.4 is 10.0 Å². The van der Waals surface area contributed by atoms with E-state index in [1.54, 1.807) is 31.3 Å². The zero-order valence-electron chi connectivity index (χ0n) is 9.14. The van der Waals surface area contributed by atoms with E-state index < -0.39 is 10.0 Å². The fourth-order valence-corrected chi connectivity index (χ4v) is 1.95. The Morgan fingerprint density at radius 3 is 2.56 bits per heavy atom. The van der Waals surface area contributed by atoms with Gasteiger partial charge in [-0.2, -0.15) is 0 Å². The second-order valence-corrected chi connectivity index (χ2v) is 4.88. The Balaban J connectivity index is 2.40. The molecule has 0 radical (unpaired) electrons. The van der Waals surface area contributed by atoms with Crippen LogP contribution in [0.15, 0.2) is 30.3 Å². The molecule has 0 aromatic heterocycles. The van der Waals surface area contributed by atoms with Crippen molar-refractivity contribution < 1.29 is 13.2 Å². The fourth-order valence-electron chi connectivity index (χ4n) is 1.06. The summed E-state index contributed by atoms with van der Waals surface area (Å²) in [4.78, 5) is 0. The number of anilines is 1. The predicted molar refractivity (Wildman–Crippen MR) is 63.7 cm³/mol. The number of hydrogen-bond acceptors (Lipinski definition) is 4. The molecule has 0 heterocycles. The van der Waals surface area contributed by atoms with Gasteiger partial charge in [-0.15, -0.1) is 0 Å². The van der Waals surface area contributed by atoms with Crippen molar-refractivity contribution in [2.75, 3.05) is 30.9 Å². The monoisotopic (exact) mass is 244 g/mol. The van der Waals surface area contributed by atoms with Crippen molar-refractivity contribution >= 4 is 15.7 Å². The van der Waals surface area contributed by atoms with Gasteiger partial charge in [0.1, 0.15) is 0 Å². The third-order valence-electron chi connectivity index (χ3n) is 1.78. The lowest BCUT2D eigenvalue weighted by Crippen LogP contribution is -2.22. The molecular formula is C10H16N2O3S. The maximum Gasteiger partial charge on any atom is 0.257 e. The van der Waals surface area contributed by atoms with Gasteiger partial charge < -0.3 is 10.1 Å². The summed E-state index contributed by atoms with van der Waals surface area (Å²) >= 11 is 0. The molecule has 0 spiro atoms. The molecule has 1 aromatic carbocycles. The second kappa shape index (κ2) is 6.47. The fraction of sp³-hybridized carbons (Fsp3) is 0.400. The lowest BCUT2D eigenvalue weighted by molar-refractivity contribution is 0.180. The van der Waals surface area contributed by atoms with Crippen molar-refractivity contribution in [1.82, 2.24) is 5.32 Å². The Labute approximate surface area is 95.9 Å². The van der Waals surface area contributed by atoms with Gasteiger partial charge >= 0.3 is 0 Å². The Hall–Kier alpha value is -1.11. The second-order valence-electron chi connectivity index (χ2n) is 3.21. The number of sulfonamides is 1. The van der Waals surface area contributed by atoms with E-state index in [0.717, 1.165) is 0 Å². The van der Waals surface area contributed by atoms with Crippen LogP contribution >= 0.6 is 0 Å². The third-order valence-corrected chi connectivity index (χ3v) is 2.81. The number of rotatable bonds is 7. The first-order chi connectivity index (χ1) is 7.64. The molecular weight excluding hydrogens is 228 g/mol. The van der Waals surface area contributed by atoms with Crippen LogP contribution in [0.3, 0.4) is 0 Å². The van der Waals surface area contributed by atoms with Crippen LogP contribution in [0.4, 0.5) is 5.69 Å². The van der Waals surface area contributed by atoms with Gasteiger partial charge in [0.25, 0.3) is 10.0 Å². The molecule has 0 unspecified atom stereocenters. The van der Waals surface area contributed by atoms with E-state index in [0.29, 0.717) is 18.8 Å². The van der Waals surface area contributed by atoms with Gasteiger partial charge in [0.05, 0.1) is 6.61 Å². The number of nitrogens with one attached hydrogen (secondary N) is 2. The maximum atomic E-state index is 11.5. The molecule has 1 rings (SSSR count). The molecule has 0 saturated heterocycles. The van der Waals surface area contributed by atoms with Crippen molar-refractivity contribution in [1.29, 1.82) is 0 Å². The minimum Gasteiger partial charge on any atom is -0.362 e. The molecule has 0 saturated carbocycles. The van der Waals surface area contributed by atoms with Crippen LogP contribution in [0.5, 0.6) is 0 Å². The molecule has 2 N–H and O–H groups in total. The van der Waals surface area contributed by atoms with E-state index in [1.807, 2.05) is 6.07 Å². The molecule has 5 nitrogen and oxygen atoms in total. The summed E-state index contributed by atoms with van der Waals surface area (Å²) in [6, 6.07) is 8.72. The lowest BCUT2D eigenvalue weighted by atomic mass is 10.3. The van der Waals surface area contributed by atoms with Gasteiger partial charge in [0, 0.05) is 12.2 Å². The highest BCUT2D eigenvalue weighted by atomic mass is 32.2. The molecule has 1 aromatic rings. The summed E-state index contributed by atoms with van der Waals surface area (Å²) in [5, 5.41) is 2.86. The normalized spacial score (nSPS) is 11.3. The Bertz CT molecular complexity index is 392. The molecule has 0 fully saturated rings. The topological polar surface area (TPSA) is 67.4 Å². The molecule has 0 aliphatic rings. The van der Waals surface area contributed by atoms with Crippen molar-refractivity contribution in [3.05, 3.63) is 30.3 Å². The summed E-state index contributed by atoms with van der Waals surface area (Å²) < 4.78 is 30.4. The van der Waals surface area contributed by atoms with Crippen molar-refractivity contribution in [2.24, 2.45) is 0 Å². The van der Waals surface area contributed by atoms with Gasteiger partial charge in [0.15, 0.2) is 5.94 Å². The molecule has 90 valence electrons. The highest BCUT2D eigenvalue weighted by Gasteiger charge is 2.09. The lowest BCUT2D eigenvalue weighted by Gasteiger charge is -2.08. The molecule has 6 heteroatoms. The predicted octanol–water partition coefficient (Wildman–Crippen LogP) is 0.622. The van der Waals surface area contributed by atoms with Gasteiger partial charge in [-0.05, 0) is 19.2 Å². The van der Waals surface area contributed by atoms with Crippen LogP contribution in [-0.4, -0.2) is 34.6 Å². The quantitative estimate of drug-likeness (QED) is 0.690. The van der Waals surface area contributed by atoms with Gasteiger partial charge in [-0.1, -0.05) is 18.2 Å². The van der Waals surface area contributed by atoms with Crippen molar-refractivity contribution in [3.63, 3.8) is 0 Å². The summed E-state index contributed by atoms with van der Waals surface area (Å²) in [6.07, 6.45) is 0. The Kier molecular flexibility index (Phi) is 5.24. The first kappa shape index (κ1) is 13.0. The number of likely N-dealkylation sites (N-methyl/N-ethyl adjacent to an activating group) is 1. The van der Waals surface area contributed by atoms with E-state index in [-0.39, 0.29) is 5.94 Å². The first-order valence-corrected chi connectivity index (χ1v) is 6.57. The number of benzene rings is 1. The van der Waals surface area contributed by atoms with Gasteiger partial charge in [-0.3, -0.25) is 4.72 Å². The molecule has 0 aliphatic carbocycles. The minimum absolute atomic E-state index is 0.330. The van der Waals surface area contributed by atoms with Crippen molar-refractivity contribution in [3.8, 4) is 0 Å². The van der Waals surface area contributed by atoms with Crippen LogP contribution in [0, 0.1) is 0 Å². The first-order valence-electron chi connectivity index (χ1n) is 4.92. The largest absolute Gasteiger partial charge is 0.362 e. The highest BCUT2D eigenvalue weighted by Crippen LogP contribution is 2.07. The zero-order chi connectivity index (χ0) is 11.9. The number of para-hydroxylation sites is 1. The van der Waals surface area contributed by atoms with Crippen molar-refractivity contribution in [2.45, 2.75) is 0 Å². The minimum atomic E-state index is -3.42. The average Bonchev–Trinajstić information content (AvgIpc) is 2.25. The van der Waals surface area contributed by atoms with Gasteiger partial charge in [-0.25, -0.2) is 8.42 Å².